The number of alkyl halides is 4. The standard InChI is InChI=1S/C8H7F4NO2/c9-7(10)14-4-1-2-5(13)6(3-4)15-8(11)12/h1-3,7-8H,13H2. The summed E-state index contributed by atoms with van der Waals surface area (Å²) in [7, 11) is 0. The van der Waals surface area contributed by atoms with Crippen LogP contribution in [0.25, 0.3) is 0 Å². The Bertz CT molecular complexity index is 332. The van der Waals surface area contributed by atoms with Crippen molar-refractivity contribution in [1.82, 2.24) is 0 Å². The van der Waals surface area contributed by atoms with Gasteiger partial charge < -0.3 is 15.2 Å². The topological polar surface area (TPSA) is 44.5 Å². The van der Waals surface area contributed by atoms with E-state index in [2.05, 4.69) is 9.47 Å². The number of hydrogen-bond donors (Lipinski definition) is 1. The maximum absolute atomic E-state index is 11.8. The Labute approximate surface area is 82.4 Å². The fourth-order valence-corrected chi connectivity index (χ4v) is 0.889. The van der Waals surface area contributed by atoms with E-state index < -0.39 is 19.0 Å². The van der Waals surface area contributed by atoms with Gasteiger partial charge in [0.25, 0.3) is 0 Å². The second-order valence-corrected chi connectivity index (χ2v) is 2.46. The van der Waals surface area contributed by atoms with Gasteiger partial charge in [0.1, 0.15) is 5.75 Å². The molecule has 0 spiro atoms. The van der Waals surface area contributed by atoms with Crippen molar-refractivity contribution in [2.45, 2.75) is 13.2 Å². The van der Waals surface area contributed by atoms with E-state index in [0.717, 1.165) is 18.2 Å². The van der Waals surface area contributed by atoms with E-state index in [1.807, 2.05) is 0 Å². The van der Waals surface area contributed by atoms with E-state index in [4.69, 9.17) is 5.73 Å². The third kappa shape index (κ3) is 3.53. The Kier molecular flexibility index (Phi) is 3.59. The van der Waals surface area contributed by atoms with Crippen molar-refractivity contribution in [3.05, 3.63) is 18.2 Å². The first-order valence-electron chi connectivity index (χ1n) is 3.78. The van der Waals surface area contributed by atoms with Crippen LogP contribution in [-0.4, -0.2) is 13.2 Å². The third-order valence-electron chi connectivity index (χ3n) is 1.43. The smallest absolute Gasteiger partial charge is 0.387 e. The van der Waals surface area contributed by atoms with Gasteiger partial charge in [0, 0.05) is 6.07 Å². The summed E-state index contributed by atoms with van der Waals surface area (Å²) in [5.41, 5.74) is 5.18. The number of hydrogen-bond acceptors (Lipinski definition) is 3. The number of nitrogen functional groups attached to an aromatic ring is 1. The molecule has 0 amide bonds. The monoisotopic (exact) mass is 225 g/mol. The van der Waals surface area contributed by atoms with Crippen molar-refractivity contribution in [3.63, 3.8) is 0 Å². The summed E-state index contributed by atoms with van der Waals surface area (Å²) in [6, 6.07) is 3.13. The van der Waals surface area contributed by atoms with Gasteiger partial charge in [0.15, 0.2) is 5.75 Å². The van der Waals surface area contributed by atoms with E-state index >= 15 is 0 Å². The number of ether oxygens (including phenoxy) is 2. The van der Waals surface area contributed by atoms with Crippen molar-refractivity contribution in [1.29, 1.82) is 0 Å². The van der Waals surface area contributed by atoms with Crippen LogP contribution in [0.5, 0.6) is 11.5 Å². The van der Waals surface area contributed by atoms with Crippen LogP contribution in [0.1, 0.15) is 0 Å². The Morgan fingerprint density at radius 3 is 2.13 bits per heavy atom. The number of benzene rings is 1. The van der Waals surface area contributed by atoms with Crippen LogP contribution < -0.4 is 15.2 Å². The molecule has 0 unspecified atom stereocenters. The van der Waals surface area contributed by atoms with E-state index in [1.165, 1.54) is 0 Å². The first kappa shape index (κ1) is 11.4. The zero-order chi connectivity index (χ0) is 11.4. The lowest BCUT2D eigenvalue weighted by atomic mass is 10.3. The van der Waals surface area contributed by atoms with Crippen LogP contribution in [0.4, 0.5) is 23.2 Å². The van der Waals surface area contributed by atoms with Crippen LogP contribution in [0.3, 0.4) is 0 Å². The van der Waals surface area contributed by atoms with Gasteiger partial charge in [0.2, 0.25) is 0 Å². The van der Waals surface area contributed by atoms with Crippen LogP contribution in [0, 0.1) is 0 Å². The maximum atomic E-state index is 11.8. The van der Waals surface area contributed by atoms with Gasteiger partial charge in [-0.1, -0.05) is 0 Å². The minimum absolute atomic E-state index is 0.0862. The van der Waals surface area contributed by atoms with Gasteiger partial charge in [-0.3, -0.25) is 0 Å². The lowest BCUT2D eigenvalue weighted by molar-refractivity contribution is -0.0539. The van der Waals surface area contributed by atoms with Gasteiger partial charge in [-0.05, 0) is 12.1 Å². The highest BCUT2D eigenvalue weighted by Crippen LogP contribution is 2.28. The summed E-state index contributed by atoms with van der Waals surface area (Å²) < 4.78 is 55.2. The fourth-order valence-electron chi connectivity index (χ4n) is 0.889. The Morgan fingerprint density at radius 1 is 1.00 bits per heavy atom. The number of halogens is 4. The molecule has 0 radical (unpaired) electrons. The summed E-state index contributed by atoms with van der Waals surface area (Å²) >= 11 is 0. The SMILES string of the molecule is Nc1ccc(OC(F)F)cc1OC(F)F. The van der Waals surface area contributed by atoms with Crippen LogP contribution in [0.15, 0.2) is 18.2 Å². The molecule has 1 aromatic carbocycles. The largest absolute Gasteiger partial charge is 0.435 e. The molecule has 0 aliphatic carbocycles. The predicted molar refractivity (Wildman–Crippen MR) is 44.1 cm³/mol. The van der Waals surface area contributed by atoms with Gasteiger partial charge in [-0.2, -0.15) is 17.6 Å². The number of nitrogens with two attached hydrogens (primary N) is 1. The van der Waals surface area contributed by atoms with E-state index in [-0.39, 0.29) is 11.4 Å². The Balaban J connectivity index is 2.85. The first-order valence-corrected chi connectivity index (χ1v) is 3.78. The van der Waals surface area contributed by atoms with E-state index in [1.54, 1.807) is 0 Å². The normalized spacial score (nSPS) is 10.8. The molecule has 7 heteroatoms. The van der Waals surface area contributed by atoms with Crippen molar-refractivity contribution in [3.8, 4) is 11.5 Å². The molecule has 84 valence electrons. The zero-order valence-electron chi connectivity index (χ0n) is 7.29. The van der Waals surface area contributed by atoms with E-state index in [9.17, 15) is 17.6 Å². The summed E-state index contributed by atoms with van der Waals surface area (Å²) in [5.74, 6) is -0.696. The summed E-state index contributed by atoms with van der Waals surface area (Å²) in [6.07, 6.45) is 0. The van der Waals surface area contributed by atoms with Crippen molar-refractivity contribution < 1.29 is 27.0 Å². The molecule has 0 atom stereocenters. The number of anilines is 1. The second kappa shape index (κ2) is 4.72. The minimum atomic E-state index is -3.07. The summed E-state index contributed by atoms with van der Waals surface area (Å²) in [5, 5.41) is 0. The molecule has 0 aliphatic rings. The number of rotatable bonds is 4. The molecule has 3 nitrogen and oxygen atoms in total. The molecule has 1 aromatic rings. The molecule has 0 fully saturated rings. The fraction of sp³-hybridized carbons (Fsp3) is 0.250. The summed E-state index contributed by atoms with van der Waals surface area (Å²) in [6.45, 7) is -6.11. The van der Waals surface area contributed by atoms with Crippen molar-refractivity contribution >= 4 is 5.69 Å². The lowest BCUT2D eigenvalue weighted by Gasteiger charge is -2.10. The zero-order valence-corrected chi connectivity index (χ0v) is 7.29. The highest BCUT2D eigenvalue weighted by atomic mass is 19.3. The third-order valence-corrected chi connectivity index (χ3v) is 1.43. The summed E-state index contributed by atoms with van der Waals surface area (Å²) in [4.78, 5) is 0. The van der Waals surface area contributed by atoms with Gasteiger partial charge in [0.05, 0.1) is 5.69 Å². The average Bonchev–Trinajstić information content (AvgIpc) is 2.09. The second-order valence-electron chi connectivity index (χ2n) is 2.46. The van der Waals surface area contributed by atoms with Gasteiger partial charge >= 0.3 is 13.2 Å². The van der Waals surface area contributed by atoms with E-state index in [0.29, 0.717) is 0 Å². The first-order chi connectivity index (χ1) is 6.99. The van der Waals surface area contributed by atoms with Crippen LogP contribution in [-0.2, 0) is 0 Å². The van der Waals surface area contributed by atoms with Gasteiger partial charge in [-0.25, -0.2) is 0 Å². The molecule has 0 aliphatic heterocycles. The van der Waals surface area contributed by atoms with Crippen molar-refractivity contribution in [2.24, 2.45) is 0 Å². The van der Waals surface area contributed by atoms with Gasteiger partial charge in [-0.15, -0.1) is 0 Å². The molecular formula is C8H7F4NO2. The molecule has 1 rings (SSSR count). The highest BCUT2D eigenvalue weighted by Gasteiger charge is 2.11. The Morgan fingerprint density at radius 2 is 1.60 bits per heavy atom. The predicted octanol–water partition coefficient (Wildman–Crippen LogP) is 2.47. The molecule has 2 N–H and O–H groups in total. The van der Waals surface area contributed by atoms with Crippen LogP contribution in [0.2, 0.25) is 0 Å². The quantitative estimate of drug-likeness (QED) is 0.632. The molecular weight excluding hydrogens is 218 g/mol. The highest BCUT2D eigenvalue weighted by molar-refractivity contribution is 5.55. The molecule has 0 heterocycles. The molecule has 0 aromatic heterocycles. The Hall–Kier alpha value is -1.66. The minimum Gasteiger partial charge on any atom is -0.435 e. The maximum Gasteiger partial charge on any atom is 0.387 e. The van der Waals surface area contributed by atoms with Crippen LogP contribution >= 0.6 is 0 Å². The molecule has 0 saturated heterocycles. The molecule has 0 saturated carbocycles. The molecule has 15 heavy (non-hydrogen) atoms. The van der Waals surface area contributed by atoms with Crippen molar-refractivity contribution in [2.75, 3.05) is 5.73 Å². The average molecular weight is 225 g/mol. The molecule has 0 bridgehead atoms. The lowest BCUT2D eigenvalue weighted by Crippen LogP contribution is -2.06.